The van der Waals surface area contributed by atoms with Gasteiger partial charge in [-0.1, -0.05) is 11.3 Å². The molecule has 0 radical (unpaired) electrons. The zero-order chi connectivity index (χ0) is 25.7. The molecular weight excluding hydrogens is 489 g/mol. The molecule has 1 aliphatic rings. The largest absolute Gasteiger partial charge is 0.353 e. The maximum atomic E-state index is 15.0. The van der Waals surface area contributed by atoms with Gasteiger partial charge < -0.3 is 14.8 Å². The van der Waals surface area contributed by atoms with Crippen LogP contribution < -0.4 is 21.5 Å². The van der Waals surface area contributed by atoms with Crippen molar-refractivity contribution in [3.05, 3.63) is 44.8 Å². The molecule has 14 heteroatoms. The number of rotatable bonds is 5. The van der Waals surface area contributed by atoms with Gasteiger partial charge in [-0.3, -0.25) is 18.7 Å². The molecule has 5 heterocycles. The van der Waals surface area contributed by atoms with Gasteiger partial charge in [-0.15, -0.1) is 0 Å². The SMILES string of the molecule is CC1CCCN1c1ncncc1-c1nc(NC(=O)C(C)n2cnc3c2c(=O)n(C)c(=O)n3C)sc1F. The topological polar surface area (TPSA) is 133 Å². The van der Waals surface area contributed by atoms with E-state index in [1.165, 1.54) is 42.1 Å². The maximum absolute atomic E-state index is 15.0. The van der Waals surface area contributed by atoms with E-state index in [9.17, 15) is 14.4 Å². The van der Waals surface area contributed by atoms with Crippen LogP contribution in [-0.4, -0.2) is 52.1 Å². The van der Waals surface area contributed by atoms with Gasteiger partial charge in [-0.25, -0.2) is 24.7 Å². The van der Waals surface area contributed by atoms with E-state index in [-0.39, 0.29) is 28.0 Å². The Morgan fingerprint density at radius 1 is 1.25 bits per heavy atom. The Morgan fingerprint density at radius 3 is 2.75 bits per heavy atom. The second-order valence-electron chi connectivity index (χ2n) is 8.78. The van der Waals surface area contributed by atoms with Crippen molar-refractivity contribution < 1.29 is 9.18 Å². The quantitative estimate of drug-likeness (QED) is 0.426. The molecule has 36 heavy (non-hydrogen) atoms. The minimum atomic E-state index is -0.892. The Morgan fingerprint density at radius 2 is 2.03 bits per heavy atom. The van der Waals surface area contributed by atoms with Crippen LogP contribution in [0.4, 0.5) is 15.3 Å². The minimum Gasteiger partial charge on any atom is -0.353 e. The van der Waals surface area contributed by atoms with Crippen LogP contribution in [0.3, 0.4) is 0 Å². The summed E-state index contributed by atoms with van der Waals surface area (Å²) in [6.45, 7) is 4.47. The zero-order valence-electron chi connectivity index (χ0n) is 20.1. The third-order valence-electron chi connectivity index (χ3n) is 6.56. The summed E-state index contributed by atoms with van der Waals surface area (Å²) in [7, 11) is 2.85. The lowest BCUT2D eigenvalue weighted by atomic mass is 10.2. The monoisotopic (exact) mass is 513 g/mol. The molecule has 1 aliphatic heterocycles. The van der Waals surface area contributed by atoms with Crippen LogP contribution in [0.1, 0.15) is 32.7 Å². The molecule has 1 N–H and O–H groups in total. The van der Waals surface area contributed by atoms with Gasteiger partial charge in [-0.05, 0) is 26.7 Å². The number of amides is 1. The lowest BCUT2D eigenvalue weighted by molar-refractivity contribution is -0.118. The highest BCUT2D eigenvalue weighted by Gasteiger charge is 2.28. The summed E-state index contributed by atoms with van der Waals surface area (Å²) in [5.41, 5.74) is -0.292. The Labute approximate surface area is 208 Å². The highest BCUT2D eigenvalue weighted by molar-refractivity contribution is 7.14. The highest BCUT2D eigenvalue weighted by atomic mass is 32.1. The normalized spacial score (nSPS) is 16.6. The van der Waals surface area contributed by atoms with Crippen LogP contribution in [0, 0.1) is 5.13 Å². The number of fused-ring (bicyclic) bond motifs is 1. The molecular formula is C22H24FN9O3S. The van der Waals surface area contributed by atoms with E-state index >= 15 is 4.39 Å². The van der Waals surface area contributed by atoms with Gasteiger partial charge in [0.15, 0.2) is 16.3 Å². The number of hydrogen-bond donors (Lipinski definition) is 1. The molecule has 0 aromatic carbocycles. The molecule has 1 amide bonds. The molecule has 4 aromatic rings. The Balaban J connectivity index is 1.45. The second kappa shape index (κ2) is 8.93. The van der Waals surface area contributed by atoms with Gasteiger partial charge in [0.25, 0.3) is 5.56 Å². The Kier molecular flexibility index (Phi) is 5.90. The fraction of sp³-hybridized carbons (Fsp3) is 0.409. The van der Waals surface area contributed by atoms with Crippen LogP contribution in [0.5, 0.6) is 0 Å². The van der Waals surface area contributed by atoms with Crippen molar-refractivity contribution in [2.45, 2.75) is 38.8 Å². The lowest BCUT2D eigenvalue weighted by Gasteiger charge is -2.24. The molecule has 1 fully saturated rings. The lowest BCUT2D eigenvalue weighted by Crippen LogP contribution is -2.38. The smallest absolute Gasteiger partial charge is 0.332 e. The fourth-order valence-electron chi connectivity index (χ4n) is 4.48. The predicted molar refractivity (Wildman–Crippen MR) is 133 cm³/mol. The average molecular weight is 514 g/mol. The first-order valence-corrected chi connectivity index (χ1v) is 12.2. The molecule has 12 nitrogen and oxygen atoms in total. The summed E-state index contributed by atoms with van der Waals surface area (Å²) in [5, 5.41) is 2.12. The molecule has 2 atom stereocenters. The number of carbonyl (C=O) groups excluding carboxylic acids is 1. The first-order valence-electron chi connectivity index (χ1n) is 11.4. The number of anilines is 2. The minimum absolute atomic E-state index is 0.0633. The number of imidazole rings is 1. The number of aryl methyl sites for hydroxylation is 1. The summed E-state index contributed by atoms with van der Waals surface area (Å²) in [6, 6.07) is -0.630. The highest BCUT2D eigenvalue weighted by Crippen LogP contribution is 2.36. The molecule has 5 rings (SSSR count). The van der Waals surface area contributed by atoms with Gasteiger partial charge in [0.05, 0.1) is 11.9 Å². The molecule has 2 unspecified atom stereocenters. The summed E-state index contributed by atoms with van der Waals surface area (Å²) >= 11 is 0.698. The first-order chi connectivity index (χ1) is 17.2. The van der Waals surface area contributed by atoms with Crippen molar-refractivity contribution in [1.29, 1.82) is 0 Å². The van der Waals surface area contributed by atoms with Crippen molar-refractivity contribution in [3.63, 3.8) is 0 Å². The number of halogens is 1. The van der Waals surface area contributed by atoms with Crippen LogP contribution >= 0.6 is 11.3 Å². The average Bonchev–Trinajstić information content (AvgIpc) is 3.59. The number of nitrogens with zero attached hydrogens (tertiary/aromatic N) is 8. The summed E-state index contributed by atoms with van der Waals surface area (Å²) in [6.07, 6.45) is 6.31. The van der Waals surface area contributed by atoms with E-state index in [0.717, 1.165) is 24.0 Å². The van der Waals surface area contributed by atoms with Crippen molar-refractivity contribution in [3.8, 4) is 11.3 Å². The molecule has 188 valence electrons. The van der Waals surface area contributed by atoms with Crippen molar-refractivity contribution in [1.82, 2.24) is 33.6 Å². The van der Waals surface area contributed by atoms with Gasteiger partial charge >= 0.3 is 5.69 Å². The summed E-state index contributed by atoms with van der Waals surface area (Å²) in [5.74, 6) is 0.0833. The number of nitrogens with one attached hydrogen (secondary N) is 1. The first kappa shape index (κ1) is 23.8. The van der Waals surface area contributed by atoms with Crippen molar-refractivity contribution in [2.75, 3.05) is 16.8 Å². The van der Waals surface area contributed by atoms with E-state index in [4.69, 9.17) is 0 Å². The van der Waals surface area contributed by atoms with Crippen molar-refractivity contribution in [2.24, 2.45) is 14.1 Å². The predicted octanol–water partition coefficient (Wildman–Crippen LogP) is 1.67. The molecule has 0 saturated carbocycles. The van der Waals surface area contributed by atoms with Gasteiger partial charge in [0.1, 0.15) is 23.9 Å². The Hall–Kier alpha value is -3.94. The molecule has 1 saturated heterocycles. The van der Waals surface area contributed by atoms with Gasteiger partial charge in [0, 0.05) is 32.9 Å². The van der Waals surface area contributed by atoms with Gasteiger partial charge in [0.2, 0.25) is 11.0 Å². The number of aromatic nitrogens is 7. The second-order valence-corrected chi connectivity index (χ2v) is 9.73. The fourth-order valence-corrected chi connectivity index (χ4v) is 5.19. The standard InChI is InChI=1S/C22H24FN9O3S/c1-11-6-5-7-31(11)17-13(8-24-9-25-17)14-16(23)36-21(27-14)28-19(33)12(2)32-10-26-18-15(32)20(34)30(4)22(35)29(18)3/h8-12H,5-7H2,1-4H3,(H,27,28,33). The van der Waals surface area contributed by atoms with Crippen LogP contribution in [0.25, 0.3) is 22.4 Å². The van der Waals surface area contributed by atoms with Crippen LogP contribution in [0.15, 0.2) is 28.4 Å². The van der Waals surface area contributed by atoms with E-state index in [1.807, 2.05) is 0 Å². The molecule has 4 aromatic heterocycles. The number of hydrogen-bond acceptors (Lipinski definition) is 9. The maximum Gasteiger partial charge on any atom is 0.332 e. The van der Waals surface area contributed by atoms with E-state index in [2.05, 4.69) is 37.1 Å². The third kappa shape index (κ3) is 3.77. The molecule has 0 aliphatic carbocycles. The van der Waals surface area contributed by atoms with Crippen LogP contribution in [0.2, 0.25) is 0 Å². The molecule has 0 bridgehead atoms. The zero-order valence-corrected chi connectivity index (χ0v) is 20.9. The van der Waals surface area contributed by atoms with E-state index in [1.54, 1.807) is 6.92 Å². The third-order valence-corrected chi connectivity index (χ3v) is 7.32. The van der Waals surface area contributed by atoms with Crippen LogP contribution in [-0.2, 0) is 18.9 Å². The van der Waals surface area contributed by atoms with E-state index in [0.29, 0.717) is 22.7 Å². The molecule has 0 spiro atoms. The number of thiazole rings is 1. The van der Waals surface area contributed by atoms with Gasteiger partial charge in [-0.2, -0.15) is 4.39 Å². The number of carbonyl (C=O) groups is 1. The summed E-state index contributed by atoms with van der Waals surface area (Å²) in [4.78, 5) is 57.0. The van der Waals surface area contributed by atoms with E-state index < -0.39 is 28.3 Å². The van der Waals surface area contributed by atoms with Crippen molar-refractivity contribution >= 4 is 39.4 Å². The Bertz CT molecular complexity index is 1600. The summed E-state index contributed by atoms with van der Waals surface area (Å²) < 4.78 is 18.6.